The van der Waals surface area contributed by atoms with Crippen molar-refractivity contribution in [3.05, 3.63) is 28.3 Å². The Bertz CT molecular complexity index is 489. The summed E-state index contributed by atoms with van der Waals surface area (Å²) >= 11 is 0. The van der Waals surface area contributed by atoms with Gasteiger partial charge in [-0.3, -0.25) is 10.1 Å². The number of anilines is 1. The lowest BCUT2D eigenvalue weighted by atomic mass is 10.2. The first-order valence-electron chi connectivity index (χ1n) is 7.46. The number of likely N-dealkylation sites (N-methyl/N-ethyl adjacent to an activating group) is 1. The lowest BCUT2D eigenvalue weighted by molar-refractivity contribution is -0.384. The first kappa shape index (κ1) is 15.6. The Hall–Kier alpha value is -1.82. The van der Waals surface area contributed by atoms with E-state index in [1.807, 2.05) is 6.07 Å². The Morgan fingerprint density at radius 3 is 2.81 bits per heavy atom. The van der Waals surface area contributed by atoms with Crippen molar-refractivity contribution in [3.8, 4) is 5.75 Å². The van der Waals surface area contributed by atoms with Crippen LogP contribution in [0.5, 0.6) is 5.75 Å². The zero-order chi connectivity index (χ0) is 15.2. The van der Waals surface area contributed by atoms with Crippen LogP contribution in [0.4, 0.5) is 11.4 Å². The number of nitrogens with one attached hydrogen (secondary N) is 1. The SMILES string of the molecule is CCCNc1cc(OCCN(C)C2CC2)cc([N+](=O)[O-])c1. The van der Waals surface area contributed by atoms with Gasteiger partial charge < -0.3 is 15.0 Å². The van der Waals surface area contributed by atoms with Crippen LogP contribution in [0, 0.1) is 10.1 Å². The average Bonchev–Trinajstić information content (AvgIpc) is 3.29. The van der Waals surface area contributed by atoms with Gasteiger partial charge in [0.05, 0.1) is 11.0 Å². The highest BCUT2D eigenvalue weighted by Crippen LogP contribution is 2.27. The van der Waals surface area contributed by atoms with E-state index in [1.165, 1.54) is 18.9 Å². The molecule has 0 saturated heterocycles. The third-order valence-electron chi connectivity index (χ3n) is 3.56. The maximum atomic E-state index is 11.0. The summed E-state index contributed by atoms with van der Waals surface area (Å²) in [5.41, 5.74) is 0.790. The van der Waals surface area contributed by atoms with Crippen LogP contribution in [0.25, 0.3) is 0 Å². The smallest absolute Gasteiger partial charge is 0.275 e. The average molecular weight is 293 g/mol. The van der Waals surface area contributed by atoms with E-state index in [0.717, 1.165) is 25.2 Å². The molecule has 1 aromatic carbocycles. The minimum atomic E-state index is -0.389. The highest BCUT2D eigenvalue weighted by molar-refractivity contribution is 5.56. The van der Waals surface area contributed by atoms with Crippen molar-refractivity contribution in [1.29, 1.82) is 0 Å². The molecular weight excluding hydrogens is 270 g/mol. The fraction of sp³-hybridized carbons (Fsp3) is 0.600. The summed E-state index contributed by atoms with van der Waals surface area (Å²) in [6.45, 7) is 4.22. The molecule has 1 aliphatic carbocycles. The van der Waals surface area contributed by atoms with Gasteiger partial charge in [-0.15, -0.1) is 0 Å². The van der Waals surface area contributed by atoms with Gasteiger partial charge in [-0.25, -0.2) is 0 Å². The molecule has 0 heterocycles. The van der Waals surface area contributed by atoms with Crippen LogP contribution in [0.2, 0.25) is 0 Å². The number of non-ortho nitro benzene ring substituents is 1. The van der Waals surface area contributed by atoms with Gasteiger partial charge in [-0.1, -0.05) is 6.92 Å². The van der Waals surface area contributed by atoms with Crippen LogP contribution in [0.1, 0.15) is 26.2 Å². The summed E-state index contributed by atoms with van der Waals surface area (Å²) in [5.74, 6) is 0.548. The van der Waals surface area contributed by atoms with Crippen LogP contribution in [-0.2, 0) is 0 Å². The van der Waals surface area contributed by atoms with E-state index in [4.69, 9.17) is 4.74 Å². The number of hydrogen-bond donors (Lipinski definition) is 1. The second kappa shape index (κ2) is 7.26. The molecule has 0 aromatic heterocycles. The van der Waals surface area contributed by atoms with Gasteiger partial charge in [0.25, 0.3) is 5.69 Å². The van der Waals surface area contributed by atoms with E-state index in [2.05, 4.69) is 24.2 Å². The number of nitrogens with zero attached hydrogens (tertiary/aromatic N) is 2. The van der Waals surface area contributed by atoms with Crippen molar-refractivity contribution in [3.63, 3.8) is 0 Å². The van der Waals surface area contributed by atoms with Gasteiger partial charge in [0.15, 0.2) is 0 Å². The van der Waals surface area contributed by atoms with Crippen LogP contribution < -0.4 is 10.1 Å². The highest BCUT2D eigenvalue weighted by Gasteiger charge is 2.25. The van der Waals surface area contributed by atoms with E-state index in [9.17, 15) is 10.1 Å². The Labute approximate surface area is 125 Å². The number of nitro groups is 1. The highest BCUT2D eigenvalue weighted by atomic mass is 16.6. The van der Waals surface area contributed by atoms with Crippen LogP contribution in [-0.4, -0.2) is 42.6 Å². The summed E-state index contributed by atoms with van der Waals surface area (Å²) < 4.78 is 5.68. The zero-order valence-electron chi connectivity index (χ0n) is 12.7. The second-order valence-corrected chi connectivity index (χ2v) is 5.46. The van der Waals surface area contributed by atoms with Gasteiger partial charge in [0.2, 0.25) is 0 Å². The summed E-state index contributed by atoms with van der Waals surface area (Å²) in [4.78, 5) is 12.9. The first-order chi connectivity index (χ1) is 10.1. The molecule has 1 saturated carbocycles. The monoisotopic (exact) mass is 293 g/mol. The molecule has 0 aliphatic heterocycles. The number of ether oxygens (including phenoxy) is 1. The second-order valence-electron chi connectivity index (χ2n) is 5.46. The molecule has 2 rings (SSSR count). The van der Waals surface area contributed by atoms with Crippen LogP contribution in [0.3, 0.4) is 0 Å². The topological polar surface area (TPSA) is 67.6 Å². The van der Waals surface area contributed by atoms with Crippen molar-refractivity contribution in [1.82, 2.24) is 4.90 Å². The molecule has 0 bridgehead atoms. The minimum absolute atomic E-state index is 0.0571. The molecule has 21 heavy (non-hydrogen) atoms. The van der Waals surface area contributed by atoms with E-state index in [-0.39, 0.29) is 10.6 Å². The van der Waals surface area contributed by atoms with E-state index < -0.39 is 0 Å². The Kier molecular flexibility index (Phi) is 5.38. The molecule has 1 aromatic rings. The quantitative estimate of drug-likeness (QED) is 0.560. The van der Waals surface area contributed by atoms with Crippen LogP contribution in [0.15, 0.2) is 18.2 Å². The molecular formula is C15H23N3O3. The lowest BCUT2D eigenvalue weighted by Gasteiger charge is -2.16. The minimum Gasteiger partial charge on any atom is -0.492 e. The largest absolute Gasteiger partial charge is 0.492 e. The van der Waals surface area contributed by atoms with Crippen molar-refractivity contribution >= 4 is 11.4 Å². The van der Waals surface area contributed by atoms with Gasteiger partial charge in [0, 0.05) is 37.0 Å². The molecule has 6 nitrogen and oxygen atoms in total. The first-order valence-corrected chi connectivity index (χ1v) is 7.46. The molecule has 0 spiro atoms. The molecule has 0 radical (unpaired) electrons. The molecule has 0 unspecified atom stereocenters. The fourth-order valence-corrected chi connectivity index (χ4v) is 2.15. The summed E-state index contributed by atoms with van der Waals surface area (Å²) in [6, 6.07) is 5.54. The Balaban J connectivity index is 1.95. The third-order valence-corrected chi connectivity index (χ3v) is 3.56. The third kappa shape index (κ3) is 4.90. The maximum absolute atomic E-state index is 11.0. The van der Waals surface area contributed by atoms with Gasteiger partial charge in [0.1, 0.15) is 12.4 Å². The number of hydrogen-bond acceptors (Lipinski definition) is 5. The van der Waals surface area contributed by atoms with Crippen LogP contribution >= 0.6 is 0 Å². The molecule has 1 N–H and O–H groups in total. The summed E-state index contributed by atoms with van der Waals surface area (Å²) in [6.07, 6.45) is 3.49. The molecule has 0 amide bonds. The van der Waals surface area contributed by atoms with Gasteiger partial charge >= 0.3 is 0 Å². The molecule has 0 atom stereocenters. The van der Waals surface area contributed by atoms with Crippen molar-refractivity contribution in [2.45, 2.75) is 32.2 Å². The van der Waals surface area contributed by atoms with Gasteiger partial charge in [-0.05, 0) is 26.3 Å². The Morgan fingerprint density at radius 2 is 2.19 bits per heavy atom. The number of rotatable bonds is 9. The van der Waals surface area contributed by atoms with Crippen molar-refractivity contribution < 1.29 is 9.66 Å². The molecule has 116 valence electrons. The maximum Gasteiger partial charge on any atom is 0.275 e. The standard InChI is InChI=1S/C15H23N3O3/c1-3-6-16-12-9-14(18(19)20)11-15(10-12)21-8-7-17(2)13-4-5-13/h9-11,13,16H,3-8H2,1-2H3. The number of nitro benzene ring substituents is 1. The predicted molar refractivity (Wildman–Crippen MR) is 83.0 cm³/mol. The van der Waals surface area contributed by atoms with Crippen molar-refractivity contribution in [2.75, 3.05) is 32.1 Å². The Morgan fingerprint density at radius 1 is 1.43 bits per heavy atom. The predicted octanol–water partition coefficient (Wildman–Crippen LogP) is 2.89. The summed E-state index contributed by atoms with van der Waals surface area (Å²) in [7, 11) is 2.09. The molecule has 1 fully saturated rings. The zero-order valence-corrected chi connectivity index (χ0v) is 12.7. The number of benzene rings is 1. The van der Waals surface area contributed by atoms with E-state index in [1.54, 1.807) is 6.07 Å². The van der Waals surface area contributed by atoms with E-state index in [0.29, 0.717) is 18.4 Å². The lowest BCUT2D eigenvalue weighted by Crippen LogP contribution is -2.26. The summed E-state index contributed by atoms with van der Waals surface area (Å²) in [5, 5.41) is 14.1. The fourth-order valence-electron chi connectivity index (χ4n) is 2.15. The van der Waals surface area contributed by atoms with Crippen molar-refractivity contribution in [2.24, 2.45) is 0 Å². The molecule has 6 heteroatoms. The van der Waals surface area contributed by atoms with Gasteiger partial charge in [-0.2, -0.15) is 0 Å². The normalized spacial score (nSPS) is 14.2. The van der Waals surface area contributed by atoms with E-state index >= 15 is 0 Å². The molecule has 1 aliphatic rings.